The van der Waals surface area contributed by atoms with E-state index in [9.17, 15) is 9.18 Å². The summed E-state index contributed by atoms with van der Waals surface area (Å²) in [5, 5.41) is 13.6. The normalized spacial score (nSPS) is 12.3. The van der Waals surface area contributed by atoms with E-state index >= 15 is 0 Å². The number of furan rings is 1. The maximum Gasteiger partial charge on any atom is 0.253 e. The topological polar surface area (TPSA) is 106 Å². The predicted octanol–water partition coefficient (Wildman–Crippen LogP) is 4.79. The van der Waals surface area contributed by atoms with Gasteiger partial charge in [-0.15, -0.1) is 5.10 Å². The van der Waals surface area contributed by atoms with Crippen LogP contribution in [0.5, 0.6) is 0 Å². The van der Waals surface area contributed by atoms with Crippen LogP contribution in [0.15, 0.2) is 101 Å². The SMILES string of the molecule is Cc1ccc2[nH]c(=O)c([C@H](c3nnnn3Cc3ccc(F)cc3)N(Cc3cccnc3)Cc3ccco3)cc2c1. The molecule has 10 heteroatoms. The lowest BCUT2D eigenvalue weighted by molar-refractivity contribution is 0.179. The number of tetrazole rings is 1. The average molecular weight is 536 g/mol. The van der Waals surface area contributed by atoms with Gasteiger partial charge in [-0.2, -0.15) is 0 Å². The van der Waals surface area contributed by atoms with Crippen LogP contribution in [-0.2, 0) is 19.6 Å². The van der Waals surface area contributed by atoms with Gasteiger partial charge >= 0.3 is 0 Å². The van der Waals surface area contributed by atoms with Crippen molar-refractivity contribution in [1.82, 2.24) is 35.1 Å². The number of nitrogens with one attached hydrogen (secondary N) is 1. The molecule has 40 heavy (non-hydrogen) atoms. The zero-order valence-corrected chi connectivity index (χ0v) is 21.7. The molecule has 0 saturated carbocycles. The van der Waals surface area contributed by atoms with E-state index in [1.807, 2.05) is 55.5 Å². The Bertz CT molecular complexity index is 1780. The van der Waals surface area contributed by atoms with E-state index in [4.69, 9.17) is 4.42 Å². The van der Waals surface area contributed by atoms with Crippen molar-refractivity contribution in [2.75, 3.05) is 0 Å². The maximum absolute atomic E-state index is 13.7. The van der Waals surface area contributed by atoms with E-state index in [0.717, 1.165) is 33.4 Å². The first-order valence-corrected chi connectivity index (χ1v) is 12.8. The third-order valence-corrected chi connectivity index (χ3v) is 6.79. The first-order chi connectivity index (χ1) is 19.5. The number of halogens is 1. The van der Waals surface area contributed by atoms with Gasteiger partial charge in [-0.1, -0.05) is 29.8 Å². The molecule has 0 radical (unpaired) electrons. The Balaban J connectivity index is 1.52. The zero-order valence-electron chi connectivity index (χ0n) is 21.7. The number of H-pyrrole nitrogens is 1. The Morgan fingerprint density at radius 2 is 1.90 bits per heavy atom. The number of benzene rings is 2. The van der Waals surface area contributed by atoms with Crippen LogP contribution in [0.25, 0.3) is 10.9 Å². The second kappa shape index (κ2) is 11.0. The molecule has 200 valence electrons. The van der Waals surface area contributed by atoms with Crippen LogP contribution in [0.2, 0.25) is 0 Å². The first kappa shape index (κ1) is 25.3. The standard InChI is InChI=1S/C30H26FN7O2/c1-20-6-11-27-23(14-20)15-26(30(39)33-27)28(29-34-35-36-38(29)18-21-7-9-24(31)10-8-21)37(19-25-5-3-13-40-25)17-22-4-2-12-32-16-22/h2-16,28H,17-19H2,1H3,(H,33,39)/t28-/m1/s1. The molecular weight excluding hydrogens is 509 g/mol. The Hall–Kier alpha value is -4.96. The summed E-state index contributed by atoms with van der Waals surface area (Å²) in [4.78, 5) is 23.1. The molecule has 2 aromatic carbocycles. The second-order valence-electron chi connectivity index (χ2n) is 9.71. The minimum atomic E-state index is -0.658. The van der Waals surface area contributed by atoms with Gasteiger partial charge < -0.3 is 9.40 Å². The number of hydrogen-bond donors (Lipinski definition) is 1. The third-order valence-electron chi connectivity index (χ3n) is 6.79. The number of nitrogens with zero attached hydrogens (tertiary/aromatic N) is 6. The summed E-state index contributed by atoms with van der Waals surface area (Å²) in [5.74, 6) is 0.870. The van der Waals surface area contributed by atoms with Crippen LogP contribution in [0, 0.1) is 12.7 Å². The van der Waals surface area contributed by atoms with Gasteiger partial charge in [0.2, 0.25) is 0 Å². The lowest BCUT2D eigenvalue weighted by atomic mass is 10.0. The molecule has 0 aliphatic carbocycles. The van der Waals surface area contributed by atoms with Gasteiger partial charge in [0, 0.05) is 30.0 Å². The quantitative estimate of drug-likeness (QED) is 0.284. The second-order valence-corrected chi connectivity index (χ2v) is 9.71. The Morgan fingerprint density at radius 1 is 1.02 bits per heavy atom. The fourth-order valence-electron chi connectivity index (χ4n) is 4.90. The number of pyridine rings is 2. The van der Waals surface area contributed by atoms with E-state index in [-0.39, 0.29) is 11.4 Å². The molecular formula is C30H26FN7O2. The van der Waals surface area contributed by atoms with Crippen LogP contribution in [0.4, 0.5) is 4.39 Å². The van der Waals surface area contributed by atoms with Gasteiger partial charge in [0.25, 0.3) is 5.56 Å². The summed E-state index contributed by atoms with van der Waals surface area (Å²) in [7, 11) is 0. The monoisotopic (exact) mass is 535 g/mol. The molecule has 4 aromatic heterocycles. The molecule has 6 aromatic rings. The molecule has 0 saturated heterocycles. The van der Waals surface area contributed by atoms with Crippen molar-refractivity contribution in [3.63, 3.8) is 0 Å². The average Bonchev–Trinajstić information content (AvgIpc) is 3.64. The lowest BCUT2D eigenvalue weighted by Crippen LogP contribution is -2.35. The smallest absolute Gasteiger partial charge is 0.253 e. The van der Waals surface area contributed by atoms with E-state index in [1.54, 1.807) is 35.5 Å². The molecule has 6 rings (SSSR count). The van der Waals surface area contributed by atoms with Crippen LogP contribution in [-0.4, -0.2) is 35.1 Å². The summed E-state index contributed by atoms with van der Waals surface area (Å²) in [6.45, 7) is 3.12. The van der Waals surface area contributed by atoms with Crippen molar-refractivity contribution in [3.05, 3.63) is 141 Å². The molecule has 0 spiro atoms. The highest BCUT2D eigenvalue weighted by Gasteiger charge is 2.31. The van der Waals surface area contributed by atoms with Gasteiger partial charge in [0.05, 0.1) is 19.4 Å². The third kappa shape index (κ3) is 5.43. The number of aromatic amines is 1. The van der Waals surface area contributed by atoms with Crippen molar-refractivity contribution in [2.24, 2.45) is 0 Å². The highest BCUT2D eigenvalue weighted by atomic mass is 19.1. The fraction of sp³-hybridized carbons (Fsp3) is 0.167. The molecule has 0 fully saturated rings. The summed E-state index contributed by atoms with van der Waals surface area (Å²) in [6, 6.07) is 20.9. The lowest BCUT2D eigenvalue weighted by Gasteiger charge is -2.30. The minimum absolute atomic E-state index is 0.242. The molecule has 1 N–H and O–H groups in total. The van der Waals surface area contributed by atoms with E-state index in [2.05, 4.69) is 30.4 Å². The highest BCUT2D eigenvalue weighted by molar-refractivity contribution is 5.79. The largest absolute Gasteiger partial charge is 0.468 e. The van der Waals surface area contributed by atoms with Crippen molar-refractivity contribution in [3.8, 4) is 0 Å². The van der Waals surface area contributed by atoms with Crippen molar-refractivity contribution in [1.29, 1.82) is 0 Å². The molecule has 0 aliphatic heterocycles. The molecule has 1 atom stereocenters. The van der Waals surface area contributed by atoms with Crippen LogP contribution < -0.4 is 5.56 Å². The zero-order chi connectivity index (χ0) is 27.5. The van der Waals surface area contributed by atoms with E-state index in [0.29, 0.717) is 31.0 Å². The van der Waals surface area contributed by atoms with E-state index < -0.39 is 6.04 Å². The summed E-state index contributed by atoms with van der Waals surface area (Å²) < 4.78 is 21.0. The molecule has 4 heterocycles. The Labute approximate surface area is 228 Å². The highest BCUT2D eigenvalue weighted by Crippen LogP contribution is 2.30. The first-order valence-electron chi connectivity index (χ1n) is 12.8. The molecule has 0 amide bonds. The van der Waals surface area contributed by atoms with Gasteiger partial charge in [0.15, 0.2) is 5.82 Å². The Kier molecular flexibility index (Phi) is 6.98. The van der Waals surface area contributed by atoms with Gasteiger partial charge in [-0.3, -0.25) is 14.7 Å². The summed E-state index contributed by atoms with van der Waals surface area (Å²) in [6.07, 6.45) is 5.13. The van der Waals surface area contributed by atoms with Crippen molar-refractivity contribution >= 4 is 10.9 Å². The van der Waals surface area contributed by atoms with Gasteiger partial charge in [-0.05, 0) is 82.4 Å². The van der Waals surface area contributed by atoms with Crippen LogP contribution >= 0.6 is 0 Å². The number of fused-ring (bicyclic) bond motifs is 1. The van der Waals surface area contributed by atoms with Crippen molar-refractivity contribution < 1.29 is 8.81 Å². The summed E-state index contributed by atoms with van der Waals surface area (Å²) >= 11 is 0. The van der Waals surface area contributed by atoms with Crippen LogP contribution in [0.3, 0.4) is 0 Å². The summed E-state index contributed by atoms with van der Waals surface area (Å²) in [5.41, 5.74) is 3.84. The van der Waals surface area contributed by atoms with Crippen LogP contribution in [0.1, 0.15) is 39.9 Å². The number of rotatable bonds is 9. The molecule has 0 unspecified atom stereocenters. The molecule has 9 nitrogen and oxygen atoms in total. The van der Waals surface area contributed by atoms with Gasteiger partial charge in [0.1, 0.15) is 17.6 Å². The van der Waals surface area contributed by atoms with E-state index in [1.165, 1.54) is 12.1 Å². The Morgan fingerprint density at radius 3 is 2.67 bits per heavy atom. The number of aryl methyl sites for hydroxylation is 1. The van der Waals surface area contributed by atoms with Gasteiger partial charge in [-0.25, -0.2) is 9.07 Å². The number of aromatic nitrogens is 6. The maximum atomic E-state index is 13.7. The minimum Gasteiger partial charge on any atom is -0.468 e. The predicted molar refractivity (Wildman–Crippen MR) is 147 cm³/mol. The van der Waals surface area contributed by atoms with Crippen molar-refractivity contribution in [2.45, 2.75) is 32.6 Å². The number of hydrogen-bond acceptors (Lipinski definition) is 7. The molecule has 0 aliphatic rings. The fourth-order valence-corrected chi connectivity index (χ4v) is 4.90. The molecule has 0 bridgehead atoms.